The second kappa shape index (κ2) is 9.79. The molecule has 2 aromatic carbocycles. The highest BCUT2D eigenvalue weighted by molar-refractivity contribution is 7.98. The second-order valence-electron chi connectivity index (χ2n) is 8.24. The summed E-state index contributed by atoms with van der Waals surface area (Å²) in [5, 5.41) is 2.86. The Labute approximate surface area is 201 Å². The molecule has 8 heteroatoms. The Hall–Kier alpha value is -3.49. The summed E-state index contributed by atoms with van der Waals surface area (Å²) in [6, 6.07) is 16.2. The number of carbonyl (C=O) groups is 3. The number of ether oxygens (including phenoxy) is 1. The molecule has 1 atom stereocenters. The lowest BCUT2D eigenvalue weighted by atomic mass is 10.1. The monoisotopic (exact) mass is 473 g/mol. The summed E-state index contributed by atoms with van der Waals surface area (Å²) >= 11 is 1.69. The third-order valence-corrected chi connectivity index (χ3v) is 6.97. The van der Waals surface area contributed by atoms with Crippen LogP contribution in [-0.2, 0) is 10.5 Å². The molecule has 1 fully saturated rings. The fraction of sp³-hybridized carbons (Fsp3) is 0.231. The van der Waals surface area contributed by atoms with Crippen molar-refractivity contribution in [3.8, 4) is 0 Å². The van der Waals surface area contributed by atoms with Crippen LogP contribution >= 0.6 is 11.8 Å². The number of anilines is 1. The van der Waals surface area contributed by atoms with Gasteiger partial charge in [0.15, 0.2) is 0 Å². The van der Waals surface area contributed by atoms with Crippen LogP contribution in [0, 0.1) is 0 Å². The predicted octanol–water partition coefficient (Wildman–Crippen LogP) is 4.40. The number of hydrogen-bond donors (Lipinski definition) is 1. The molecule has 7 nitrogen and oxygen atoms in total. The molecular weight excluding hydrogens is 450 g/mol. The number of aromatic nitrogens is 1. The van der Waals surface area contributed by atoms with E-state index in [1.54, 1.807) is 30.1 Å². The number of rotatable bonds is 7. The molecule has 2 aliphatic heterocycles. The van der Waals surface area contributed by atoms with E-state index >= 15 is 0 Å². The first-order valence-electron chi connectivity index (χ1n) is 11.1. The third kappa shape index (κ3) is 4.73. The second-order valence-corrected chi connectivity index (χ2v) is 9.29. The average molecular weight is 474 g/mol. The van der Waals surface area contributed by atoms with E-state index in [0.29, 0.717) is 23.4 Å². The van der Waals surface area contributed by atoms with E-state index in [9.17, 15) is 14.4 Å². The average Bonchev–Trinajstić information content (AvgIpc) is 3.47. The number of thioether (sulfide) groups is 1. The minimum atomic E-state index is -0.375. The van der Waals surface area contributed by atoms with Gasteiger partial charge in [-0.25, -0.2) is 0 Å². The summed E-state index contributed by atoms with van der Waals surface area (Å²) in [7, 11) is 0. The molecule has 0 bridgehead atoms. The molecule has 5 rings (SSSR count). The fourth-order valence-electron chi connectivity index (χ4n) is 4.08. The Balaban J connectivity index is 1.22. The first-order chi connectivity index (χ1) is 16.6. The molecule has 1 aromatic heterocycles. The Morgan fingerprint density at radius 3 is 2.65 bits per heavy atom. The quantitative estimate of drug-likeness (QED) is 0.404. The zero-order valence-corrected chi connectivity index (χ0v) is 19.2. The standard InChI is InChI=1S/C26H23N3O4S/c30-24(28-19-6-8-21(9-7-19)34-16-17-3-1-11-27-14-17)18-5-10-22-23(13-18)26(32)29(25(22)31)15-20-4-2-12-33-20/h1,3,5-11,13-14,20H,2,4,12,15-16H2,(H,28,30). The first kappa shape index (κ1) is 22.3. The van der Waals surface area contributed by atoms with Crippen LogP contribution in [0.2, 0.25) is 0 Å². The van der Waals surface area contributed by atoms with Gasteiger partial charge in [-0.1, -0.05) is 6.07 Å². The number of nitrogens with one attached hydrogen (secondary N) is 1. The molecule has 0 aliphatic carbocycles. The number of hydrogen-bond acceptors (Lipinski definition) is 6. The van der Waals surface area contributed by atoms with E-state index in [-0.39, 0.29) is 35.9 Å². The lowest BCUT2D eigenvalue weighted by molar-refractivity contribution is 0.0475. The molecule has 2 aliphatic rings. The van der Waals surface area contributed by atoms with Gasteiger partial charge in [0, 0.05) is 40.9 Å². The van der Waals surface area contributed by atoms with Crippen LogP contribution in [0.3, 0.4) is 0 Å². The van der Waals surface area contributed by atoms with Crippen LogP contribution in [-0.4, -0.2) is 46.9 Å². The maximum atomic E-state index is 12.8. The summed E-state index contributed by atoms with van der Waals surface area (Å²) in [6.45, 7) is 0.904. The topological polar surface area (TPSA) is 88.6 Å². The van der Waals surface area contributed by atoms with Crippen LogP contribution in [0.5, 0.6) is 0 Å². The van der Waals surface area contributed by atoms with Gasteiger partial charge in [0.1, 0.15) is 0 Å². The molecule has 0 spiro atoms. The molecule has 172 valence electrons. The van der Waals surface area contributed by atoms with Crippen LogP contribution < -0.4 is 5.32 Å². The normalized spacial score (nSPS) is 17.2. The van der Waals surface area contributed by atoms with Crippen molar-refractivity contribution in [1.82, 2.24) is 9.88 Å². The van der Waals surface area contributed by atoms with Crippen molar-refractivity contribution in [2.45, 2.75) is 29.6 Å². The molecule has 3 aromatic rings. The molecular formula is C26H23N3O4S. The SMILES string of the molecule is O=C(Nc1ccc(SCc2cccnc2)cc1)c1ccc2c(c1)C(=O)N(CC1CCCO1)C2=O. The summed E-state index contributed by atoms with van der Waals surface area (Å²) in [5.41, 5.74) is 2.71. The Morgan fingerprint density at radius 2 is 1.91 bits per heavy atom. The van der Waals surface area contributed by atoms with Crippen molar-refractivity contribution in [3.05, 3.63) is 89.2 Å². The van der Waals surface area contributed by atoms with Crippen molar-refractivity contribution < 1.29 is 19.1 Å². The van der Waals surface area contributed by atoms with E-state index < -0.39 is 0 Å². The molecule has 0 saturated carbocycles. The van der Waals surface area contributed by atoms with Gasteiger partial charge in [0.2, 0.25) is 0 Å². The Kier molecular flexibility index (Phi) is 6.42. The van der Waals surface area contributed by atoms with Gasteiger partial charge in [-0.3, -0.25) is 24.3 Å². The van der Waals surface area contributed by atoms with Gasteiger partial charge < -0.3 is 10.1 Å². The smallest absolute Gasteiger partial charge is 0.261 e. The Bertz CT molecular complexity index is 1220. The van der Waals surface area contributed by atoms with Gasteiger partial charge in [0.05, 0.1) is 23.8 Å². The van der Waals surface area contributed by atoms with Crippen molar-refractivity contribution in [2.24, 2.45) is 0 Å². The van der Waals surface area contributed by atoms with Crippen LogP contribution in [0.4, 0.5) is 5.69 Å². The third-order valence-electron chi connectivity index (χ3n) is 5.88. The summed E-state index contributed by atoms with van der Waals surface area (Å²) in [4.78, 5) is 44.8. The molecule has 34 heavy (non-hydrogen) atoms. The van der Waals surface area contributed by atoms with Gasteiger partial charge >= 0.3 is 0 Å². The van der Waals surface area contributed by atoms with Gasteiger partial charge in [0.25, 0.3) is 17.7 Å². The zero-order chi connectivity index (χ0) is 23.5. The molecule has 1 N–H and O–H groups in total. The van der Waals surface area contributed by atoms with Crippen LogP contribution in [0.15, 0.2) is 71.9 Å². The van der Waals surface area contributed by atoms with E-state index in [0.717, 1.165) is 29.1 Å². The molecule has 3 amide bonds. The van der Waals surface area contributed by atoms with Crippen molar-refractivity contribution >= 4 is 35.2 Å². The number of pyridine rings is 1. The number of amides is 3. The summed E-state index contributed by atoms with van der Waals surface area (Å²) < 4.78 is 5.57. The summed E-state index contributed by atoms with van der Waals surface area (Å²) in [5.74, 6) is -0.232. The van der Waals surface area contributed by atoms with Gasteiger partial charge in [-0.2, -0.15) is 0 Å². The lowest BCUT2D eigenvalue weighted by Crippen LogP contribution is -2.36. The number of imide groups is 1. The minimum Gasteiger partial charge on any atom is -0.376 e. The van der Waals surface area contributed by atoms with E-state index in [1.807, 2.05) is 42.6 Å². The van der Waals surface area contributed by atoms with E-state index in [1.165, 1.54) is 11.0 Å². The number of carbonyl (C=O) groups excluding carboxylic acids is 3. The lowest BCUT2D eigenvalue weighted by Gasteiger charge is -2.17. The molecule has 3 heterocycles. The zero-order valence-electron chi connectivity index (χ0n) is 18.4. The van der Waals surface area contributed by atoms with Crippen molar-refractivity contribution in [1.29, 1.82) is 0 Å². The maximum Gasteiger partial charge on any atom is 0.261 e. The Morgan fingerprint density at radius 1 is 1.09 bits per heavy atom. The number of nitrogens with zero attached hydrogens (tertiary/aromatic N) is 2. The van der Waals surface area contributed by atoms with Gasteiger partial charge in [-0.05, 0) is 66.9 Å². The van der Waals surface area contributed by atoms with E-state index in [4.69, 9.17) is 4.74 Å². The highest BCUT2D eigenvalue weighted by Crippen LogP contribution is 2.27. The molecule has 1 saturated heterocycles. The number of benzene rings is 2. The van der Waals surface area contributed by atoms with Crippen LogP contribution in [0.1, 0.15) is 49.5 Å². The van der Waals surface area contributed by atoms with Gasteiger partial charge in [-0.15, -0.1) is 11.8 Å². The van der Waals surface area contributed by atoms with Crippen molar-refractivity contribution in [3.63, 3.8) is 0 Å². The maximum absolute atomic E-state index is 12.8. The fourth-order valence-corrected chi connectivity index (χ4v) is 4.91. The molecule has 1 unspecified atom stereocenters. The largest absolute Gasteiger partial charge is 0.376 e. The van der Waals surface area contributed by atoms with Crippen molar-refractivity contribution in [2.75, 3.05) is 18.5 Å². The summed E-state index contributed by atoms with van der Waals surface area (Å²) in [6.07, 6.45) is 5.25. The van der Waals surface area contributed by atoms with Crippen LogP contribution in [0.25, 0.3) is 0 Å². The highest BCUT2D eigenvalue weighted by Gasteiger charge is 2.37. The van der Waals surface area contributed by atoms with E-state index in [2.05, 4.69) is 10.3 Å². The first-order valence-corrected chi connectivity index (χ1v) is 12.1. The minimum absolute atomic E-state index is 0.115. The number of fused-ring (bicyclic) bond motifs is 1. The highest BCUT2D eigenvalue weighted by atomic mass is 32.2. The molecule has 0 radical (unpaired) electrons. The predicted molar refractivity (Wildman–Crippen MR) is 129 cm³/mol.